The fourth-order valence-corrected chi connectivity index (χ4v) is 2.73. The van der Waals surface area contributed by atoms with E-state index in [1.54, 1.807) is 14.2 Å². The molecule has 0 unspecified atom stereocenters. The zero-order chi connectivity index (χ0) is 16.9. The van der Waals surface area contributed by atoms with Crippen LogP contribution in [0.4, 0.5) is 5.69 Å². The number of nitrogens with one attached hydrogen (secondary N) is 1. The monoisotopic (exact) mass is 323 g/mol. The van der Waals surface area contributed by atoms with Crippen LogP contribution in [0, 0.1) is 0 Å². The fraction of sp³-hybridized carbons (Fsp3) is 0.200. The van der Waals surface area contributed by atoms with Crippen molar-refractivity contribution in [3.8, 4) is 11.5 Å². The smallest absolute Gasteiger partial charge is 0.124 e. The summed E-state index contributed by atoms with van der Waals surface area (Å²) in [4.78, 5) is 0. The van der Waals surface area contributed by atoms with Gasteiger partial charge in [0.1, 0.15) is 11.5 Å². The van der Waals surface area contributed by atoms with E-state index in [0.29, 0.717) is 12.3 Å². The van der Waals surface area contributed by atoms with Crippen LogP contribution in [0.1, 0.15) is 11.1 Å². The van der Waals surface area contributed by atoms with E-state index in [1.165, 1.54) is 10.9 Å². The number of benzene rings is 3. The van der Waals surface area contributed by atoms with Crippen LogP contribution >= 0.6 is 0 Å². The molecule has 0 saturated heterocycles. The summed E-state index contributed by atoms with van der Waals surface area (Å²) in [5.74, 6) is 1.56. The molecule has 2 N–H and O–H groups in total. The average Bonchev–Trinajstić information content (AvgIpc) is 2.65. The minimum absolute atomic E-state index is 0.0451. The molecule has 0 aromatic heterocycles. The second-order valence-corrected chi connectivity index (χ2v) is 5.59. The van der Waals surface area contributed by atoms with Crippen LogP contribution in [0.25, 0.3) is 10.8 Å². The molecule has 3 aromatic rings. The molecular formula is C20H21NO3. The van der Waals surface area contributed by atoms with E-state index in [9.17, 15) is 5.11 Å². The highest BCUT2D eigenvalue weighted by molar-refractivity contribution is 5.84. The van der Waals surface area contributed by atoms with Crippen molar-refractivity contribution < 1.29 is 14.6 Å². The van der Waals surface area contributed by atoms with E-state index in [1.807, 2.05) is 30.3 Å². The van der Waals surface area contributed by atoms with E-state index in [2.05, 4.69) is 29.6 Å². The Kier molecular flexibility index (Phi) is 4.87. The average molecular weight is 323 g/mol. The van der Waals surface area contributed by atoms with Gasteiger partial charge in [0.2, 0.25) is 0 Å². The van der Waals surface area contributed by atoms with E-state index in [0.717, 1.165) is 22.4 Å². The zero-order valence-electron chi connectivity index (χ0n) is 13.9. The molecule has 3 aromatic carbocycles. The highest BCUT2D eigenvalue weighted by atomic mass is 16.5. The van der Waals surface area contributed by atoms with Crippen molar-refractivity contribution in [2.24, 2.45) is 0 Å². The predicted molar refractivity (Wildman–Crippen MR) is 96.7 cm³/mol. The molecule has 0 amide bonds. The minimum atomic E-state index is -0.0451. The summed E-state index contributed by atoms with van der Waals surface area (Å²) in [7, 11) is 3.28. The van der Waals surface area contributed by atoms with Gasteiger partial charge in [-0.05, 0) is 52.7 Å². The van der Waals surface area contributed by atoms with Crippen molar-refractivity contribution in [3.05, 3.63) is 65.7 Å². The Morgan fingerprint density at radius 2 is 1.67 bits per heavy atom. The minimum Gasteiger partial charge on any atom is -0.497 e. The molecule has 0 spiro atoms. The summed E-state index contributed by atoms with van der Waals surface area (Å²) in [6.45, 7) is 0.662. The maximum Gasteiger partial charge on any atom is 0.124 e. The van der Waals surface area contributed by atoms with E-state index < -0.39 is 0 Å². The third-order valence-corrected chi connectivity index (χ3v) is 4.06. The number of rotatable bonds is 6. The molecule has 0 fully saturated rings. The molecule has 0 bridgehead atoms. The Balaban J connectivity index is 1.75. The van der Waals surface area contributed by atoms with Gasteiger partial charge >= 0.3 is 0 Å². The predicted octanol–water partition coefficient (Wildman–Crippen LogP) is 3.96. The Morgan fingerprint density at radius 3 is 2.42 bits per heavy atom. The molecule has 0 aliphatic carbocycles. The number of anilines is 1. The van der Waals surface area contributed by atoms with Gasteiger partial charge in [0.05, 0.1) is 20.8 Å². The summed E-state index contributed by atoms with van der Waals surface area (Å²) >= 11 is 0. The molecule has 3 rings (SSSR count). The Labute approximate surface area is 141 Å². The maximum absolute atomic E-state index is 9.40. The maximum atomic E-state index is 9.40. The lowest BCUT2D eigenvalue weighted by molar-refractivity contribution is 0.274. The van der Waals surface area contributed by atoms with Crippen molar-refractivity contribution in [1.82, 2.24) is 0 Å². The summed E-state index contributed by atoms with van der Waals surface area (Å²) in [6.07, 6.45) is 0. The first-order valence-corrected chi connectivity index (χ1v) is 7.82. The van der Waals surface area contributed by atoms with Gasteiger partial charge in [-0.15, -0.1) is 0 Å². The molecule has 0 aliphatic rings. The van der Waals surface area contributed by atoms with Gasteiger partial charge in [-0.2, -0.15) is 0 Å². The highest BCUT2D eigenvalue weighted by Gasteiger charge is 2.04. The van der Waals surface area contributed by atoms with Gasteiger partial charge in [0.15, 0.2) is 0 Å². The van der Waals surface area contributed by atoms with Gasteiger partial charge in [-0.3, -0.25) is 0 Å². The molecular weight excluding hydrogens is 302 g/mol. The normalized spacial score (nSPS) is 10.6. The van der Waals surface area contributed by atoms with E-state index >= 15 is 0 Å². The lowest BCUT2D eigenvalue weighted by Crippen LogP contribution is -2.01. The first-order valence-electron chi connectivity index (χ1n) is 7.82. The van der Waals surface area contributed by atoms with Crippen LogP contribution in [-0.4, -0.2) is 19.3 Å². The van der Waals surface area contributed by atoms with Crippen LogP contribution in [0.3, 0.4) is 0 Å². The zero-order valence-corrected chi connectivity index (χ0v) is 13.9. The molecule has 24 heavy (non-hydrogen) atoms. The molecule has 4 heteroatoms. The SMILES string of the molecule is COc1ccc2cc(CNc3ccc(OC)c(CO)c3)ccc2c1. The summed E-state index contributed by atoms with van der Waals surface area (Å²) in [6, 6.07) is 18.1. The van der Waals surface area contributed by atoms with Gasteiger partial charge in [-0.25, -0.2) is 0 Å². The second-order valence-electron chi connectivity index (χ2n) is 5.59. The second kappa shape index (κ2) is 7.23. The van der Waals surface area contributed by atoms with Crippen molar-refractivity contribution >= 4 is 16.5 Å². The summed E-state index contributed by atoms with van der Waals surface area (Å²) in [5.41, 5.74) is 2.91. The quantitative estimate of drug-likeness (QED) is 0.721. The standard InChI is InChI=1S/C20H21NO3/c1-23-19-7-5-15-9-14(3-4-16(15)11-19)12-21-18-6-8-20(24-2)17(10-18)13-22/h3-11,21-22H,12-13H2,1-2H3. The van der Waals surface area contributed by atoms with Crippen molar-refractivity contribution in [1.29, 1.82) is 0 Å². The Morgan fingerprint density at radius 1 is 0.875 bits per heavy atom. The fourth-order valence-electron chi connectivity index (χ4n) is 2.73. The number of aliphatic hydroxyl groups is 1. The molecule has 4 nitrogen and oxygen atoms in total. The van der Waals surface area contributed by atoms with Crippen LogP contribution < -0.4 is 14.8 Å². The molecule has 0 heterocycles. The number of ether oxygens (including phenoxy) is 2. The Hall–Kier alpha value is -2.72. The van der Waals surface area contributed by atoms with Crippen LogP contribution in [-0.2, 0) is 13.2 Å². The van der Waals surface area contributed by atoms with E-state index in [4.69, 9.17) is 9.47 Å². The van der Waals surface area contributed by atoms with Crippen LogP contribution in [0.2, 0.25) is 0 Å². The van der Waals surface area contributed by atoms with Gasteiger partial charge in [0.25, 0.3) is 0 Å². The summed E-state index contributed by atoms with van der Waals surface area (Å²) in [5, 5.41) is 15.1. The van der Waals surface area contributed by atoms with Gasteiger partial charge in [0, 0.05) is 17.8 Å². The molecule has 0 aliphatic heterocycles. The molecule has 0 radical (unpaired) electrons. The number of aliphatic hydroxyl groups excluding tert-OH is 1. The third-order valence-electron chi connectivity index (χ3n) is 4.06. The number of hydrogen-bond donors (Lipinski definition) is 2. The van der Waals surface area contributed by atoms with Gasteiger partial charge < -0.3 is 19.9 Å². The van der Waals surface area contributed by atoms with Crippen LogP contribution in [0.15, 0.2) is 54.6 Å². The molecule has 0 saturated carbocycles. The van der Waals surface area contributed by atoms with Crippen molar-refractivity contribution in [2.45, 2.75) is 13.2 Å². The van der Waals surface area contributed by atoms with Crippen molar-refractivity contribution in [3.63, 3.8) is 0 Å². The molecule has 0 atom stereocenters. The topological polar surface area (TPSA) is 50.7 Å². The number of hydrogen-bond acceptors (Lipinski definition) is 4. The highest BCUT2D eigenvalue weighted by Crippen LogP contribution is 2.24. The van der Waals surface area contributed by atoms with E-state index in [-0.39, 0.29) is 6.61 Å². The largest absolute Gasteiger partial charge is 0.497 e. The Bertz CT molecular complexity index is 845. The van der Waals surface area contributed by atoms with Crippen molar-refractivity contribution in [2.75, 3.05) is 19.5 Å². The molecule has 124 valence electrons. The third kappa shape index (κ3) is 3.44. The first-order chi connectivity index (χ1) is 11.7. The number of fused-ring (bicyclic) bond motifs is 1. The first kappa shape index (κ1) is 16.1. The van der Waals surface area contributed by atoms with Crippen LogP contribution in [0.5, 0.6) is 11.5 Å². The summed E-state index contributed by atoms with van der Waals surface area (Å²) < 4.78 is 10.5. The van der Waals surface area contributed by atoms with Gasteiger partial charge in [-0.1, -0.05) is 18.2 Å². The number of methoxy groups -OCH3 is 2. The lowest BCUT2D eigenvalue weighted by atomic mass is 10.1. The lowest BCUT2D eigenvalue weighted by Gasteiger charge is -2.11.